The number of benzene rings is 1. The number of carbonyl (C=O) groups is 1. The van der Waals surface area contributed by atoms with Gasteiger partial charge in [-0.1, -0.05) is 12.1 Å². The first-order valence-corrected chi connectivity index (χ1v) is 12.7. The number of piperazine rings is 1. The van der Waals surface area contributed by atoms with Gasteiger partial charge in [0.1, 0.15) is 17.5 Å². The third-order valence-electron chi connectivity index (χ3n) is 6.80. The number of amides is 1. The van der Waals surface area contributed by atoms with Crippen LogP contribution < -0.4 is 15.1 Å². The van der Waals surface area contributed by atoms with Crippen LogP contribution in [0, 0.1) is 0 Å². The van der Waals surface area contributed by atoms with E-state index in [-0.39, 0.29) is 5.91 Å². The van der Waals surface area contributed by atoms with Crippen LogP contribution in [-0.2, 0) is 0 Å². The molecule has 0 atom stereocenters. The number of nitrogens with one attached hydrogen (secondary N) is 1. The summed E-state index contributed by atoms with van der Waals surface area (Å²) in [5.41, 5.74) is 2.33. The van der Waals surface area contributed by atoms with Gasteiger partial charge in [-0.15, -0.1) is 0 Å². The number of nitrogens with zero attached hydrogens (tertiary/aromatic N) is 7. The molecule has 0 aliphatic carbocycles. The zero-order valence-electron chi connectivity index (χ0n) is 21.6. The average Bonchev–Trinajstić information content (AvgIpc) is 2.94. The van der Waals surface area contributed by atoms with E-state index in [1.807, 2.05) is 24.3 Å². The topological polar surface area (TPSA) is 90.4 Å². The SMILES string of the molecule is CCN(CC)c1cncc(-c2ccc3cnc(NC(=O)c4ccnc(N5CCN(C)CC5)c4)cc3c2)n1. The second kappa shape index (κ2) is 10.9. The zero-order valence-corrected chi connectivity index (χ0v) is 21.6. The fourth-order valence-electron chi connectivity index (χ4n) is 4.52. The number of aromatic nitrogens is 4. The molecule has 1 fully saturated rings. The summed E-state index contributed by atoms with van der Waals surface area (Å²) in [6.07, 6.45) is 7.04. The number of likely N-dealkylation sites (N-methyl/N-ethyl adjacent to an activating group) is 1. The van der Waals surface area contributed by atoms with Gasteiger partial charge in [0.25, 0.3) is 5.91 Å². The van der Waals surface area contributed by atoms with Crippen LogP contribution in [-0.4, -0.2) is 77.1 Å². The highest BCUT2D eigenvalue weighted by Gasteiger charge is 2.17. The fraction of sp³-hybridized carbons (Fsp3) is 0.321. The molecule has 0 spiro atoms. The van der Waals surface area contributed by atoms with Crippen LogP contribution in [0.2, 0.25) is 0 Å². The third-order valence-corrected chi connectivity index (χ3v) is 6.80. The van der Waals surface area contributed by atoms with E-state index in [0.29, 0.717) is 11.4 Å². The van der Waals surface area contributed by atoms with Crippen molar-refractivity contribution in [1.29, 1.82) is 0 Å². The Labute approximate surface area is 217 Å². The molecule has 5 rings (SSSR count). The summed E-state index contributed by atoms with van der Waals surface area (Å²) >= 11 is 0. The molecule has 3 aromatic heterocycles. The quantitative estimate of drug-likeness (QED) is 0.412. The molecule has 9 nitrogen and oxygen atoms in total. The van der Waals surface area contributed by atoms with Gasteiger partial charge in [0.15, 0.2) is 0 Å². The molecule has 1 amide bonds. The normalized spacial score (nSPS) is 14.1. The molecular formula is C28H32N8O. The lowest BCUT2D eigenvalue weighted by Crippen LogP contribution is -2.44. The lowest BCUT2D eigenvalue weighted by molar-refractivity contribution is 0.102. The van der Waals surface area contributed by atoms with Crippen molar-refractivity contribution in [2.75, 3.05) is 61.4 Å². The van der Waals surface area contributed by atoms with Gasteiger partial charge in [-0.25, -0.2) is 15.0 Å². The molecule has 37 heavy (non-hydrogen) atoms. The largest absolute Gasteiger partial charge is 0.356 e. The summed E-state index contributed by atoms with van der Waals surface area (Å²) in [4.78, 5) is 37.9. The number of hydrogen-bond acceptors (Lipinski definition) is 8. The Morgan fingerprint density at radius 1 is 0.946 bits per heavy atom. The lowest BCUT2D eigenvalue weighted by Gasteiger charge is -2.33. The maximum Gasteiger partial charge on any atom is 0.257 e. The Kier molecular flexibility index (Phi) is 7.23. The standard InChI is InChI=1S/C28H32N8O/c1-4-35(5-2)27-19-29-18-24(32-27)20-6-7-22-17-31-25(15-23(22)14-20)33-28(37)21-8-9-30-26(16-21)36-12-10-34(3)11-13-36/h6-9,14-19H,4-5,10-13H2,1-3H3,(H,31,33,37). The lowest BCUT2D eigenvalue weighted by atomic mass is 10.1. The minimum absolute atomic E-state index is 0.210. The Morgan fingerprint density at radius 3 is 2.54 bits per heavy atom. The van der Waals surface area contributed by atoms with Gasteiger partial charge in [0, 0.05) is 68.2 Å². The predicted molar refractivity (Wildman–Crippen MR) is 148 cm³/mol. The summed E-state index contributed by atoms with van der Waals surface area (Å²) in [5, 5.41) is 4.89. The minimum Gasteiger partial charge on any atom is -0.356 e. The Balaban J connectivity index is 1.36. The van der Waals surface area contributed by atoms with E-state index in [4.69, 9.17) is 4.98 Å². The van der Waals surface area contributed by atoms with Crippen molar-refractivity contribution in [3.63, 3.8) is 0 Å². The van der Waals surface area contributed by atoms with E-state index in [1.165, 1.54) is 0 Å². The second-order valence-electron chi connectivity index (χ2n) is 9.21. The number of fused-ring (bicyclic) bond motifs is 1. The molecule has 190 valence electrons. The summed E-state index contributed by atoms with van der Waals surface area (Å²) in [6, 6.07) is 11.6. The van der Waals surface area contributed by atoms with Crippen molar-refractivity contribution >= 4 is 34.1 Å². The van der Waals surface area contributed by atoms with Gasteiger partial charge in [-0.3, -0.25) is 9.78 Å². The number of rotatable bonds is 7. The van der Waals surface area contributed by atoms with Crippen LogP contribution in [0.4, 0.5) is 17.5 Å². The molecule has 1 saturated heterocycles. The van der Waals surface area contributed by atoms with Crippen molar-refractivity contribution in [2.24, 2.45) is 0 Å². The van der Waals surface area contributed by atoms with Crippen LogP contribution in [0.15, 0.2) is 61.2 Å². The number of hydrogen-bond donors (Lipinski definition) is 1. The highest BCUT2D eigenvalue weighted by Crippen LogP contribution is 2.26. The first kappa shape index (κ1) is 24.6. The maximum absolute atomic E-state index is 13.1. The van der Waals surface area contributed by atoms with Crippen molar-refractivity contribution in [3.05, 3.63) is 66.7 Å². The van der Waals surface area contributed by atoms with Gasteiger partial charge in [0.05, 0.1) is 18.1 Å². The van der Waals surface area contributed by atoms with Crippen molar-refractivity contribution in [2.45, 2.75) is 13.8 Å². The van der Waals surface area contributed by atoms with Crippen molar-refractivity contribution in [1.82, 2.24) is 24.8 Å². The first-order chi connectivity index (χ1) is 18.0. The molecule has 0 radical (unpaired) electrons. The number of pyridine rings is 2. The summed E-state index contributed by atoms with van der Waals surface area (Å²) in [6.45, 7) is 9.70. The van der Waals surface area contributed by atoms with E-state index < -0.39 is 0 Å². The molecule has 1 aliphatic heterocycles. The Hall–Kier alpha value is -4.11. The Bertz CT molecular complexity index is 1400. The predicted octanol–water partition coefficient (Wildman–Crippen LogP) is 3.94. The molecular weight excluding hydrogens is 464 g/mol. The van der Waals surface area contributed by atoms with Crippen LogP contribution in [0.1, 0.15) is 24.2 Å². The molecule has 1 aromatic carbocycles. The fourth-order valence-corrected chi connectivity index (χ4v) is 4.52. The van der Waals surface area contributed by atoms with Crippen LogP contribution in [0.3, 0.4) is 0 Å². The molecule has 1 aliphatic rings. The van der Waals surface area contributed by atoms with Crippen LogP contribution in [0.5, 0.6) is 0 Å². The highest BCUT2D eigenvalue weighted by molar-refractivity contribution is 6.05. The van der Waals surface area contributed by atoms with Crippen molar-refractivity contribution < 1.29 is 4.79 Å². The van der Waals surface area contributed by atoms with Gasteiger partial charge >= 0.3 is 0 Å². The molecule has 0 unspecified atom stereocenters. The van der Waals surface area contributed by atoms with Gasteiger partial charge < -0.3 is 20.0 Å². The van der Waals surface area contributed by atoms with E-state index in [2.05, 4.69) is 61.9 Å². The molecule has 4 heterocycles. The smallest absolute Gasteiger partial charge is 0.257 e. The van der Waals surface area contributed by atoms with E-state index in [9.17, 15) is 4.79 Å². The van der Waals surface area contributed by atoms with Gasteiger partial charge in [-0.05, 0) is 50.5 Å². The van der Waals surface area contributed by atoms with Crippen LogP contribution in [0.25, 0.3) is 22.0 Å². The van der Waals surface area contributed by atoms with E-state index in [1.54, 1.807) is 30.9 Å². The van der Waals surface area contributed by atoms with E-state index >= 15 is 0 Å². The summed E-state index contributed by atoms with van der Waals surface area (Å²) in [5.74, 6) is 1.97. The third kappa shape index (κ3) is 5.51. The summed E-state index contributed by atoms with van der Waals surface area (Å²) in [7, 11) is 2.12. The molecule has 0 bridgehead atoms. The van der Waals surface area contributed by atoms with E-state index in [0.717, 1.165) is 72.9 Å². The number of anilines is 3. The Morgan fingerprint density at radius 2 is 1.76 bits per heavy atom. The zero-order chi connectivity index (χ0) is 25.8. The number of carbonyl (C=O) groups excluding carboxylic acids is 1. The molecule has 0 saturated carbocycles. The minimum atomic E-state index is -0.210. The highest BCUT2D eigenvalue weighted by atomic mass is 16.1. The monoisotopic (exact) mass is 496 g/mol. The molecule has 1 N–H and O–H groups in total. The molecule has 4 aromatic rings. The van der Waals surface area contributed by atoms with Crippen molar-refractivity contribution in [3.8, 4) is 11.3 Å². The second-order valence-corrected chi connectivity index (χ2v) is 9.21. The molecule has 9 heteroatoms. The maximum atomic E-state index is 13.1. The van der Waals surface area contributed by atoms with Gasteiger partial charge in [-0.2, -0.15) is 0 Å². The summed E-state index contributed by atoms with van der Waals surface area (Å²) < 4.78 is 0. The van der Waals surface area contributed by atoms with Gasteiger partial charge in [0.2, 0.25) is 0 Å². The first-order valence-electron chi connectivity index (χ1n) is 12.7. The van der Waals surface area contributed by atoms with Crippen LogP contribution >= 0.6 is 0 Å². The average molecular weight is 497 g/mol.